The van der Waals surface area contributed by atoms with Gasteiger partial charge in [-0.25, -0.2) is 9.97 Å². The molecule has 1 aromatic heterocycles. The van der Waals surface area contributed by atoms with Crippen LogP contribution < -0.4 is 5.32 Å². The number of hydrogen-bond donors (Lipinski definition) is 1. The molecule has 2 rings (SSSR count). The van der Waals surface area contributed by atoms with Crippen molar-refractivity contribution >= 4 is 17.4 Å². The zero-order chi connectivity index (χ0) is 10.7. The van der Waals surface area contributed by atoms with Crippen LogP contribution in [0.5, 0.6) is 0 Å². The summed E-state index contributed by atoms with van der Waals surface area (Å²) in [5, 5.41) is 4.00. The number of nitrogens with one attached hydrogen (secondary N) is 1. The molecule has 0 unspecified atom stereocenters. The first-order valence-electron chi connectivity index (χ1n) is 5.51. The average Bonchev–Trinajstić information content (AvgIpc) is 2.26. The van der Waals surface area contributed by atoms with Crippen molar-refractivity contribution in [1.82, 2.24) is 9.97 Å². The second-order valence-electron chi connectivity index (χ2n) is 4.12. The Morgan fingerprint density at radius 1 is 1.27 bits per heavy atom. The molecule has 1 saturated carbocycles. The van der Waals surface area contributed by atoms with Crippen LogP contribution in [-0.2, 0) is 0 Å². The zero-order valence-electron chi connectivity index (χ0n) is 8.96. The van der Waals surface area contributed by atoms with Crippen molar-refractivity contribution in [2.45, 2.75) is 45.1 Å². The summed E-state index contributed by atoms with van der Waals surface area (Å²) in [7, 11) is 0. The van der Waals surface area contributed by atoms with Crippen LogP contribution >= 0.6 is 11.6 Å². The van der Waals surface area contributed by atoms with Gasteiger partial charge in [-0.2, -0.15) is 0 Å². The molecule has 0 bridgehead atoms. The smallest absolute Gasteiger partial charge is 0.137 e. The highest BCUT2D eigenvalue weighted by Gasteiger charge is 2.15. The minimum atomic E-state index is 0.545. The molecule has 1 aromatic rings. The van der Waals surface area contributed by atoms with E-state index in [9.17, 15) is 0 Å². The molecule has 3 nitrogen and oxygen atoms in total. The monoisotopic (exact) mass is 225 g/mol. The molecule has 0 amide bonds. The molecule has 1 fully saturated rings. The number of rotatable bonds is 2. The molecule has 1 aliphatic rings. The van der Waals surface area contributed by atoms with Crippen molar-refractivity contribution in [1.29, 1.82) is 0 Å². The third-order valence-corrected chi connectivity index (χ3v) is 3.35. The Morgan fingerprint density at radius 3 is 2.73 bits per heavy atom. The highest BCUT2D eigenvalue weighted by molar-refractivity contribution is 6.30. The number of halogens is 1. The van der Waals surface area contributed by atoms with E-state index in [0.717, 1.165) is 11.4 Å². The summed E-state index contributed by atoms with van der Waals surface area (Å²) in [6, 6.07) is 0.559. The molecular weight excluding hydrogens is 210 g/mol. The predicted octanol–water partition coefficient (Wildman–Crippen LogP) is 3.18. The molecule has 0 atom stereocenters. The van der Waals surface area contributed by atoms with Crippen molar-refractivity contribution < 1.29 is 0 Å². The van der Waals surface area contributed by atoms with E-state index in [4.69, 9.17) is 11.6 Å². The second kappa shape index (κ2) is 4.79. The van der Waals surface area contributed by atoms with Crippen LogP contribution in [0.3, 0.4) is 0 Å². The first-order chi connectivity index (χ1) is 7.27. The molecule has 0 radical (unpaired) electrons. The van der Waals surface area contributed by atoms with Crippen molar-refractivity contribution in [2.24, 2.45) is 0 Å². The SMILES string of the molecule is Cc1c(Cl)ncnc1NC1CCCCC1. The van der Waals surface area contributed by atoms with Gasteiger partial charge in [-0.05, 0) is 19.8 Å². The Balaban J connectivity index is 2.06. The summed E-state index contributed by atoms with van der Waals surface area (Å²) < 4.78 is 0. The molecular formula is C11H16ClN3. The van der Waals surface area contributed by atoms with E-state index in [2.05, 4.69) is 15.3 Å². The number of aromatic nitrogens is 2. The molecule has 4 heteroatoms. The third-order valence-electron chi connectivity index (χ3n) is 2.97. The maximum atomic E-state index is 5.94. The fraction of sp³-hybridized carbons (Fsp3) is 0.636. The van der Waals surface area contributed by atoms with Gasteiger partial charge in [-0.15, -0.1) is 0 Å². The van der Waals surface area contributed by atoms with Crippen LogP contribution in [0.15, 0.2) is 6.33 Å². The Morgan fingerprint density at radius 2 is 2.00 bits per heavy atom. The van der Waals surface area contributed by atoms with Crippen LogP contribution in [0, 0.1) is 6.92 Å². The van der Waals surface area contributed by atoms with Gasteiger partial charge in [0, 0.05) is 11.6 Å². The van der Waals surface area contributed by atoms with Gasteiger partial charge in [0.15, 0.2) is 0 Å². The maximum absolute atomic E-state index is 5.94. The highest BCUT2D eigenvalue weighted by Crippen LogP contribution is 2.24. The van der Waals surface area contributed by atoms with E-state index in [1.807, 2.05) is 6.92 Å². The highest BCUT2D eigenvalue weighted by atomic mass is 35.5. The van der Waals surface area contributed by atoms with Crippen LogP contribution in [0.25, 0.3) is 0 Å². The van der Waals surface area contributed by atoms with Crippen molar-refractivity contribution in [3.63, 3.8) is 0 Å². The van der Waals surface area contributed by atoms with Crippen LogP contribution in [0.2, 0.25) is 5.15 Å². The topological polar surface area (TPSA) is 37.8 Å². The molecule has 0 saturated heterocycles. The van der Waals surface area contributed by atoms with E-state index >= 15 is 0 Å². The van der Waals surface area contributed by atoms with E-state index in [-0.39, 0.29) is 0 Å². The average molecular weight is 226 g/mol. The Hall–Kier alpha value is -0.830. The summed E-state index contributed by atoms with van der Waals surface area (Å²) in [5.74, 6) is 0.891. The normalized spacial score (nSPS) is 17.7. The van der Waals surface area contributed by atoms with Crippen LogP contribution in [-0.4, -0.2) is 16.0 Å². The minimum absolute atomic E-state index is 0.545. The van der Waals surface area contributed by atoms with Gasteiger partial charge in [-0.1, -0.05) is 30.9 Å². The van der Waals surface area contributed by atoms with Crippen LogP contribution in [0.1, 0.15) is 37.7 Å². The number of nitrogens with zero attached hydrogens (tertiary/aromatic N) is 2. The van der Waals surface area contributed by atoms with Crippen molar-refractivity contribution in [3.05, 3.63) is 17.0 Å². The van der Waals surface area contributed by atoms with Gasteiger partial charge >= 0.3 is 0 Å². The fourth-order valence-electron chi connectivity index (χ4n) is 2.01. The lowest BCUT2D eigenvalue weighted by Gasteiger charge is -2.23. The molecule has 0 aliphatic heterocycles. The van der Waals surface area contributed by atoms with E-state index in [0.29, 0.717) is 11.2 Å². The van der Waals surface area contributed by atoms with Gasteiger partial charge in [0.2, 0.25) is 0 Å². The van der Waals surface area contributed by atoms with Crippen LogP contribution in [0.4, 0.5) is 5.82 Å². The van der Waals surface area contributed by atoms with Gasteiger partial charge in [0.1, 0.15) is 17.3 Å². The minimum Gasteiger partial charge on any atom is -0.367 e. The molecule has 1 aliphatic carbocycles. The second-order valence-corrected chi connectivity index (χ2v) is 4.48. The molecule has 15 heavy (non-hydrogen) atoms. The summed E-state index contributed by atoms with van der Waals surface area (Å²) in [4.78, 5) is 8.17. The largest absolute Gasteiger partial charge is 0.367 e. The maximum Gasteiger partial charge on any atom is 0.137 e. The number of hydrogen-bond acceptors (Lipinski definition) is 3. The predicted molar refractivity (Wildman–Crippen MR) is 62.3 cm³/mol. The van der Waals surface area contributed by atoms with E-state index in [1.165, 1.54) is 38.4 Å². The summed E-state index contributed by atoms with van der Waals surface area (Å²) in [5.41, 5.74) is 0.949. The molecule has 1 N–H and O–H groups in total. The molecule has 0 aromatic carbocycles. The quantitative estimate of drug-likeness (QED) is 0.786. The Kier molecular flexibility index (Phi) is 3.41. The fourth-order valence-corrected chi connectivity index (χ4v) is 2.15. The van der Waals surface area contributed by atoms with Gasteiger partial charge in [0.25, 0.3) is 0 Å². The van der Waals surface area contributed by atoms with Crippen molar-refractivity contribution in [2.75, 3.05) is 5.32 Å². The standard InChI is InChI=1S/C11H16ClN3/c1-8-10(12)13-7-14-11(8)15-9-5-3-2-4-6-9/h7,9H,2-6H2,1H3,(H,13,14,15). The summed E-state index contributed by atoms with van der Waals surface area (Å²) >= 11 is 5.94. The number of anilines is 1. The lowest BCUT2D eigenvalue weighted by Crippen LogP contribution is -2.23. The van der Waals surface area contributed by atoms with Gasteiger partial charge < -0.3 is 5.32 Å². The summed E-state index contributed by atoms with van der Waals surface area (Å²) in [6.07, 6.45) is 7.98. The van der Waals surface area contributed by atoms with E-state index < -0.39 is 0 Å². The third kappa shape index (κ3) is 2.59. The van der Waals surface area contributed by atoms with Gasteiger partial charge in [0.05, 0.1) is 0 Å². The first kappa shape index (κ1) is 10.7. The van der Waals surface area contributed by atoms with Crippen molar-refractivity contribution in [3.8, 4) is 0 Å². The lowest BCUT2D eigenvalue weighted by molar-refractivity contribution is 0.461. The first-order valence-corrected chi connectivity index (χ1v) is 5.89. The Bertz CT molecular complexity index is 335. The van der Waals surface area contributed by atoms with E-state index in [1.54, 1.807) is 0 Å². The van der Waals surface area contributed by atoms with Gasteiger partial charge in [-0.3, -0.25) is 0 Å². The zero-order valence-corrected chi connectivity index (χ0v) is 9.72. The lowest BCUT2D eigenvalue weighted by atomic mass is 9.95. The molecule has 82 valence electrons. The molecule has 1 heterocycles. The summed E-state index contributed by atoms with van der Waals surface area (Å²) in [6.45, 7) is 1.95. The Labute approximate surface area is 95.3 Å². The molecule has 0 spiro atoms.